The molecule has 0 aliphatic rings. The van der Waals surface area contributed by atoms with Crippen LogP contribution in [0.15, 0.2) is 60.9 Å². The summed E-state index contributed by atoms with van der Waals surface area (Å²) in [5.41, 5.74) is 3.06. The summed E-state index contributed by atoms with van der Waals surface area (Å²) in [4.78, 5) is 27.2. The van der Waals surface area contributed by atoms with Crippen LogP contribution in [0, 0.1) is 6.92 Å². The summed E-state index contributed by atoms with van der Waals surface area (Å²) >= 11 is 0. The van der Waals surface area contributed by atoms with Crippen molar-refractivity contribution in [2.45, 2.75) is 39.8 Å². The Kier molecular flexibility index (Phi) is 7.37. The second-order valence-corrected chi connectivity index (χ2v) is 8.70. The standard InChI is InChI=1S/C25H31N5O3/c1-18-7-12-21(22(17-18)26-5)23(31)28-19-8-10-20(11-9-19)30(24(32)33-25(2,3)4)16-15-29-14-6-13-27-29/h6-14,17,26H,15-16H2,1-5H3,(H,28,31). The van der Waals surface area contributed by atoms with Crippen molar-refractivity contribution in [3.05, 3.63) is 72.1 Å². The molecule has 2 aromatic carbocycles. The maximum atomic E-state index is 12.9. The van der Waals surface area contributed by atoms with Crippen molar-refractivity contribution < 1.29 is 14.3 Å². The van der Waals surface area contributed by atoms with Gasteiger partial charge in [-0.25, -0.2) is 4.79 Å². The molecule has 0 saturated carbocycles. The minimum absolute atomic E-state index is 0.213. The second kappa shape index (κ2) is 10.2. The van der Waals surface area contributed by atoms with Crippen LogP contribution in [0.4, 0.5) is 21.9 Å². The van der Waals surface area contributed by atoms with Crippen molar-refractivity contribution in [2.75, 3.05) is 29.1 Å². The van der Waals surface area contributed by atoms with E-state index < -0.39 is 11.7 Å². The quantitative estimate of drug-likeness (QED) is 0.534. The predicted molar refractivity (Wildman–Crippen MR) is 131 cm³/mol. The van der Waals surface area contributed by atoms with Crippen molar-refractivity contribution in [2.24, 2.45) is 0 Å². The van der Waals surface area contributed by atoms with Crippen LogP contribution in [0.5, 0.6) is 0 Å². The van der Waals surface area contributed by atoms with Gasteiger partial charge in [0.15, 0.2) is 0 Å². The summed E-state index contributed by atoms with van der Waals surface area (Å²) < 4.78 is 7.35. The van der Waals surface area contributed by atoms with Crippen LogP contribution >= 0.6 is 0 Å². The molecule has 0 saturated heterocycles. The number of ether oxygens (including phenoxy) is 1. The van der Waals surface area contributed by atoms with Gasteiger partial charge in [0.2, 0.25) is 0 Å². The van der Waals surface area contributed by atoms with E-state index in [-0.39, 0.29) is 5.91 Å². The molecule has 0 aliphatic carbocycles. The molecule has 3 rings (SSSR count). The van der Waals surface area contributed by atoms with Crippen LogP contribution in [-0.2, 0) is 11.3 Å². The molecule has 174 valence electrons. The fraction of sp³-hybridized carbons (Fsp3) is 0.320. The Hall–Kier alpha value is -3.81. The largest absolute Gasteiger partial charge is 0.443 e. The summed E-state index contributed by atoms with van der Waals surface area (Å²) in [7, 11) is 1.79. The topological polar surface area (TPSA) is 88.5 Å². The van der Waals surface area contributed by atoms with E-state index in [1.165, 1.54) is 0 Å². The smallest absolute Gasteiger partial charge is 0.414 e. The molecule has 0 spiro atoms. The molecule has 3 aromatic rings. The van der Waals surface area contributed by atoms with E-state index in [4.69, 9.17) is 4.74 Å². The van der Waals surface area contributed by atoms with Crippen LogP contribution < -0.4 is 15.5 Å². The minimum atomic E-state index is -0.617. The van der Waals surface area contributed by atoms with Gasteiger partial charge in [0, 0.05) is 43.0 Å². The lowest BCUT2D eigenvalue weighted by molar-refractivity contribution is 0.0578. The molecule has 0 atom stereocenters. The summed E-state index contributed by atoms with van der Waals surface area (Å²) in [6.45, 7) is 8.38. The van der Waals surface area contributed by atoms with Crippen molar-refractivity contribution in [1.29, 1.82) is 0 Å². The van der Waals surface area contributed by atoms with Crippen LogP contribution in [-0.4, -0.2) is 41.0 Å². The fourth-order valence-corrected chi connectivity index (χ4v) is 3.26. The molecule has 2 N–H and O–H groups in total. The van der Waals surface area contributed by atoms with Gasteiger partial charge < -0.3 is 15.4 Å². The van der Waals surface area contributed by atoms with Crippen LogP contribution in [0.3, 0.4) is 0 Å². The fourth-order valence-electron chi connectivity index (χ4n) is 3.26. The number of amides is 2. The number of rotatable bonds is 7. The SMILES string of the molecule is CNc1cc(C)ccc1C(=O)Nc1ccc(N(CCn2cccn2)C(=O)OC(C)(C)C)cc1. The first-order valence-corrected chi connectivity index (χ1v) is 10.8. The third kappa shape index (κ3) is 6.58. The molecular weight excluding hydrogens is 418 g/mol. The van der Waals surface area contributed by atoms with Crippen LogP contribution in [0.2, 0.25) is 0 Å². The zero-order valence-electron chi connectivity index (χ0n) is 19.8. The second-order valence-electron chi connectivity index (χ2n) is 8.70. The maximum Gasteiger partial charge on any atom is 0.414 e. The lowest BCUT2D eigenvalue weighted by atomic mass is 10.1. The first-order valence-electron chi connectivity index (χ1n) is 10.8. The molecule has 2 amide bonds. The molecule has 33 heavy (non-hydrogen) atoms. The lowest BCUT2D eigenvalue weighted by Crippen LogP contribution is -2.38. The Morgan fingerprint density at radius 1 is 1.12 bits per heavy atom. The van der Waals surface area contributed by atoms with Gasteiger partial charge in [-0.1, -0.05) is 6.07 Å². The van der Waals surface area contributed by atoms with Gasteiger partial charge in [0.05, 0.1) is 12.1 Å². The third-order valence-electron chi connectivity index (χ3n) is 4.85. The molecule has 0 aliphatic heterocycles. The monoisotopic (exact) mass is 449 g/mol. The first-order chi connectivity index (χ1) is 15.7. The van der Waals surface area contributed by atoms with E-state index in [1.54, 1.807) is 53.2 Å². The number of aromatic nitrogens is 2. The summed E-state index contributed by atoms with van der Waals surface area (Å²) in [5, 5.41) is 10.2. The molecule has 8 nitrogen and oxygen atoms in total. The lowest BCUT2D eigenvalue weighted by Gasteiger charge is -2.27. The summed E-state index contributed by atoms with van der Waals surface area (Å²) in [5.74, 6) is -0.213. The maximum absolute atomic E-state index is 12.9. The normalized spacial score (nSPS) is 11.1. The van der Waals surface area contributed by atoms with Gasteiger partial charge in [-0.2, -0.15) is 5.10 Å². The first kappa shape index (κ1) is 23.8. The van der Waals surface area contributed by atoms with E-state index >= 15 is 0 Å². The predicted octanol–water partition coefficient (Wildman–Crippen LogP) is 4.93. The van der Waals surface area contributed by atoms with E-state index in [0.717, 1.165) is 11.3 Å². The van der Waals surface area contributed by atoms with E-state index in [2.05, 4.69) is 15.7 Å². The Bertz CT molecular complexity index is 1090. The zero-order valence-corrected chi connectivity index (χ0v) is 19.8. The molecular formula is C25H31N5O3. The molecule has 1 aromatic heterocycles. The van der Waals surface area contributed by atoms with E-state index in [0.29, 0.717) is 30.0 Å². The molecule has 0 radical (unpaired) electrons. The molecule has 0 bridgehead atoms. The highest BCUT2D eigenvalue weighted by Crippen LogP contribution is 2.23. The zero-order chi connectivity index (χ0) is 24.0. The van der Waals surface area contributed by atoms with Crippen LogP contribution in [0.1, 0.15) is 36.7 Å². The van der Waals surface area contributed by atoms with Crippen molar-refractivity contribution in [3.8, 4) is 0 Å². The number of anilines is 3. The highest BCUT2D eigenvalue weighted by atomic mass is 16.6. The molecule has 8 heteroatoms. The van der Waals surface area contributed by atoms with Crippen LogP contribution in [0.25, 0.3) is 0 Å². The highest BCUT2D eigenvalue weighted by Gasteiger charge is 2.23. The number of hydrogen-bond donors (Lipinski definition) is 2. The number of hydrogen-bond acceptors (Lipinski definition) is 5. The van der Waals surface area contributed by atoms with Crippen molar-refractivity contribution in [3.63, 3.8) is 0 Å². The van der Waals surface area contributed by atoms with E-state index in [1.807, 2.05) is 52.1 Å². The third-order valence-corrected chi connectivity index (χ3v) is 4.85. The Labute approximate surface area is 194 Å². The van der Waals surface area contributed by atoms with Gasteiger partial charge in [0.25, 0.3) is 5.91 Å². The average molecular weight is 450 g/mol. The van der Waals surface area contributed by atoms with Crippen molar-refractivity contribution in [1.82, 2.24) is 9.78 Å². The Balaban J connectivity index is 1.76. The molecule has 0 fully saturated rings. The van der Waals surface area contributed by atoms with Gasteiger partial charge in [0.1, 0.15) is 5.60 Å². The average Bonchev–Trinajstić information content (AvgIpc) is 3.27. The number of nitrogens with zero attached hydrogens (tertiary/aromatic N) is 3. The van der Waals surface area contributed by atoms with Gasteiger partial charge in [-0.15, -0.1) is 0 Å². The van der Waals surface area contributed by atoms with E-state index in [9.17, 15) is 9.59 Å². The van der Waals surface area contributed by atoms with Crippen molar-refractivity contribution >= 4 is 29.1 Å². The Morgan fingerprint density at radius 2 is 1.85 bits per heavy atom. The number of carbonyl (C=O) groups is 2. The molecule has 0 unspecified atom stereocenters. The summed E-state index contributed by atoms with van der Waals surface area (Å²) in [6, 6.07) is 14.6. The minimum Gasteiger partial charge on any atom is -0.443 e. The van der Waals surface area contributed by atoms with Gasteiger partial charge in [-0.05, 0) is 75.7 Å². The molecule has 1 heterocycles. The number of benzene rings is 2. The number of nitrogens with one attached hydrogen (secondary N) is 2. The number of carbonyl (C=O) groups excluding carboxylic acids is 2. The van der Waals surface area contributed by atoms with Gasteiger partial charge >= 0.3 is 6.09 Å². The highest BCUT2D eigenvalue weighted by molar-refractivity contribution is 6.08. The number of aryl methyl sites for hydroxylation is 1. The summed E-state index contributed by atoms with van der Waals surface area (Å²) in [6.07, 6.45) is 3.10. The van der Waals surface area contributed by atoms with Gasteiger partial charge in [-0.3, -0.25) is 14.4 Å². The Morgan fingerprint density at radius 3 is 2.45 bits per heavy atom.